The molecule has 0 heterocycles. The van der Waals surface area contributed by atoms with Crippen LogP contribution in [0.25, 0.3) is 4.72 Å². The van der Waals surface area contributed by atoms with Crippen molar-refractivity contribution in [2.24, 2.45) is 0 Å². The van der Waals surface area contributed by atoms with Gasteiger partial charge in [-0.1, -0.05) is 0 Å². The molecule has 4 nitrogen and oxygen atoms in total. The molecule has 0 aliphatic heterocycles. The summed E-state index contributed by atoms with van der Waals surface area (Å²) >= 11 is 0. The molecule has 8 heteroatoms. The SMILES string of the molecule is CN(C)[CH-]CC[N-]S(C)(=O)=O.[Y].[Y].[Y]. The third kappa shape index (κ3) is 24.4. The Kier molecular flexibility index (Phi) is 26.3. The molecule has 0 aromatic rings. The van der Waals surface area contributed by atoms with Crippen molar-refractivity contribution in [1.82, 2.24) is 4.90 Å². The van der Waals surface area contributed by atoms with Crippen molar-refractivity contribution in [1.29, 1.82) is 0 Å². The smallest absolute Gasteiger partial charge is 0.0691 e. The number of hydrogen-bond acceptors (Lipinski definition) is 3. The topological polar surface area (TPSA) is 51.5 Å². The zero-order valence-corrected chi connectivity index (χ0v) is 18.2. The van der Waals surface area contributed by atoms with E-state index in [1.807, 2.05) is 25.5 Å². The van der Waals surface area contributed by atoms with Gasteiger partial charge in [0.2, 0.25) is 0 Å². The predicted octanol–water partition coefficient (Wildman–Crippen LogP) is 0.426. The average molecular weight is 445 g/mol. The standard InChI is InChI=1S/C6H14N2O2S.3Y/c1-8(2)6-4-5-7-11(3,9)10;;;/h6H,4-5H2,1-3H3;;;/q-2;;;. The van der Waals surface area contributed by atoms with E-state index >= 15 is 0 Å². The van der Waals surface area contributed by atoms with Gasteiger partial charge >= 0.3 is 0 Å². The summed E-state index contributed by atoms with van der Waals surface area (Å²) < 4.78 is 24.4. The van der Waals surface area contributed by atoms with Gasteiger partial charge in [0.25, 0.3) is 0 Å². The van der Waals surface area contributed by atoms with Gasteiger partial charge in [0.1, 0.15) is 0 Å². The summed E-state index contributed by atoms with van der Waals surface area (Å²) in [4.78, 5) is 1.87. The van der Waals surface area contributed by atoms with E-state index in [1.165, 1.54) is 0 Å². The Morgan fingerprint density at radius 2 is 1.64 bits per heavy atom. The van der Waals surface area contributed by atoms with Crippen molar-refractivity contribution >= 4 is 10.0 Å². The van der Waals surface area contributed by atoms with Crippen LogP contribution in [-0.2, 0) is 108 Å². The van der Waals surface area contributed by atoms with E-state index in [-0.39, 0.29) is 98.1 Å². The fraction of sp³-hybridized carbons (Fsp3) is 0.833. The Bertz CT molecular complexity index is 197. The molecular formula is C6H14N2O2SY3-2. The van der Waals surface area contributed by atoms with Crippen molar-refractivity contribution in [3.63, 3.8) is 0 Å². The molecule has 0 rings (SSSR count). The summed E-state index contributed by atoms with van der Waals surface area (Å²) in [6.45, 7) is 2.23. The minimum Gasteiger partial charge on any atom is -0.551 e. The molecular weight excluding hydrogens is 431 g/mol. The molecule has 0 saturated carbocycles. The fourth-order valence-corrected chi connectivity index (χ4v) is 0.972. The van der Waals surface area contributed by atoms with Crippen LogP contribution in [-0.4, -0.2) is 40.2 Å². The van der Waals surface area contributed by atoms with E-state index in [2.05, 4.69) is 4.72 Å². The Morgan fingerprint density at radius 1 is 1.21 bits per heavy atom. The van der Waals surface area contributed by atoms with E-state index in [1.54, 1.807) is 0 Å². The molecule has 77 valence electrons. The third-order valence-corrected chi connectivity index (χ3v) is 1.60. The van der Waals surface area contributed by atoms with Crippen LogP contribution in [0.3, 0.4) is 0 Å². The number of sulfonamides is 1. The van der Waals surface area contributed by atoms with Crippen LogP contribution in [0.1, 0.15) is 6.42 Å². The first-order valence-electron chi connectivity index (χ1n) is 3.30. The van der Waals surface area contributed by atoms with Gasteiger partial charge in [-0.25, -0.2) is 8.42 Å². The first-order chi connectivity index (χ1) is 4.92. The van der Waals surface area contributed by atoms with Gasteiger partial charge in [-0.15, -0.1) is 0 Å². The van der Waals surface area contributed by atoms with Crippen LogP contribution >= 0.6 is 0 Å². The van der Waals surface area contributed by atoms with Crippen molar-refractivity contribution in [2.75, 3.05) is 26.9 Å². The molecule has 3 radical (unpaired) electrons. The maximum atomic E-state index is 10.5. The Labute approximate surface area is 163 Å². The summed E-state index contributed by atoms with van der Waals surface area (Å²) in [6.07, 6.45) is 1.77. The summed E-state index contributed by atoms with van der Waals surface area (Å²) in [5.74, 6) is 0. The van der Waals surface area contributed by atoms with E-state index < -0.39 is 10.0 Å². The summed E-state index contributed by atoms with van der Waals surface area (Å²) in [7, 11) is 0.643. The van der Waals surface area contributed by atoms with Gasteiger partial charge in [0.05, 0.1) is 10.0 Å². The second-order valence-corrected chi connectivity index (χ2v) is 4.24. The van der Waals surface area contributed by atoms with Crippen LogP contribution in [0.5, 0.6) is 0 Å². The van der Waals surface area contributed by atoms with Crippen LogP contribution in [0.2, 0.25) is 0 Å². The van der Waals surface area contributed by atoms with Crippen molar-refractivity contribution in [3.8, 4) is 0 Å². The molecule has 14 heavy (non-hydrogen) atoms. The first kappa shape index (κ1) is 25.9. The monoisotopic (exact) mass is 445 g/mol. The van der Waals surface area contributed by atoms with Gasteiger partial charge in [-0.2, -0.15) is 13.0 Å². The van der Waals surface area contributed by atoms with Gasteiger partial charge in [-0.05, 0) is 14.1 Å². The van der Waals surface area contributed by atoms with Gasteiger partial charge in [-0.3, -0.25) is 6.54 Å². The minimum absolute atomic E-state index is 0. The van der Waals surface area contributed by atoms with E-state index in [0.29, 0.717) is 13.0 Å². The second-order valence-electron chi connectivity index (χ2n) is 2.52. The number of nitrogens with zero attached hydrogens (tertiary/aromatic N) is 2. The Hall–Kier alpha value is 3.18. The summed E-state index contributed by atoms with van der Waals surface area (Å²) in [5, 5.41) is 0. The first-order valence-corrected chi connectivity index (χ1v) is 5.15. The molecule has 0 aliphatic carbocycles. The van der Waals surface area contributed by atoms with Crippen molar-refractivity contribution in [3.05, 3.63) is 11.3 Å². The maximum absolute atomic E-state index is 10.5. The largest absolute Gasteiger partial charge is 0.551 e. The van der Waals surface area contributed by atoms with Crippen LogP contribution in [0.4, 0.5) is 0 Å². The van der Waals surface area contributed by atoms with Crippen LogP contribution in [0, 0.1) is 6.54 Å². The van der Waals surface area contributed by atoms with E-state index in [0.717, 1.165) is 6.26 Å². The van der Waals surface area contributed by atoms with E-state index in [4.69, 9.17) is 0 Å². The molecule has 0 unspecified atom stereocenters. The van der Waals surface area contributed by atoms with Gasteiger partial charge < -0.3 is 9.62 Å². The number of hydrogen-bond donors (Lipinski definition) is 0. The molecule has 0 aromatic heterocycles. The normalized spacial score (nSPS) is 9.71. The summed E-state index contributed by atoms with van der Waals surface area (Å²) in [6, 6.07) is 0. The Balaban J connectivity index is -0.000000167. The van der Waals surface area contributed by atoms with Crippen LogP contribution in [0.15, 0.2) is 0 Å². The molecule has 0 fully saturated rings. The second kappa shape index (κ2) is 14.2. The predicted molar refractivity (Wildman–Crippen MR) is 45.7 cm³/mol. The Morgan fingerprint density at radius 3 is 1.93 bits per heavy atom. The van der Waals surface area contributed by atoms with Crippen molar-refractivity contribution in [2.45, 2.75) is 6.42 Å². The number of rotatable bonds is 5. The molecule has 0 atom stereocenters. The zero-order valence-electron chi connectivity index (χ0n) is 8.84. The van der Waals surface area contributed by atoms with Crippen LogP contribution < -0.4 is 0 Å². The molecule has 0 saturated heterocycles. The molecule has 0 spiro atoms. The zero-order chi connectivity index (χ0) is 8.91. The molecule has 0 N–H and O–H groups in total. The van der Waals surface area contributed by atoms with Gasteiger partial charge in [0, 0.05) is 104 Å². The maximum Gasteiger partial charge on any atom is 0.0691 e. The molecule has 0 aromatic carbocycles. The average Bonchev–Trinajstić information content (AvgIpc) is 1.78. The third-order valence-electron chi connectivity index (χ3n) is 0.949. The summed E-state index contributed by atoms with van der Waals surface area (Å²) in [5.41, 5.74) is 0. The van der Waals surface area contributed by atoms with Crippen molar-refractivity contribution < 1.29 is 107 Å². The molecule has 0 aliphatic rings. The van der Waals surface area contributed by atoms with E-state index in [9.17, 15) is 8.42 Å². The molecule has 0 bridgehead atoms. The quantitative estimate of drug-likeness (QED) is 0.456. The van der Waals surface area contributed by atoms with Gasteiger partial charge in [0.15, 0.2) is 0 Å². The fourth-order valence-electron chi connectivity index (χ4n) is 0.534. The minimum atomic E-state index is -3.14. The molecule has 0 amide bonds.